The van der Waals surface area contributed by atoms with Crippen molar-refractivity contribution in [3.8, 4) is 0 Å². The van der Waals surface area contributed by atoms with Gasteiger partial charge in [-0.1, -0.05) is 24.3 Å². The number of nitrogens with one attached hydrogen (secondary N) is 1. The maximum atomic E-state index is 11.7. The summed E-state index contributed by atoms with van der Waals surface area (Å²) in [5.74, 6) is 0. The number of benzene rings is 1. The number of nitrogens with zero attached hydrogens (tertiary/aromatic N) is 1. The Bertz CT molecular complexity index is 569. The van der Waals surface area contributed by atoms with Crippen molar-refractivity contribution in [1.82, 2.24) is 9.97 Å². The van der Waals surface area contributed by atoms with Crippen LogP contribution in [0.3, 0.4) is 0 Å². The average molecular weight is 214 g/mol. The zero-order valence-electron chi connectivity index (χ0n) is 9.23. The fraction of sp³-hybridized carbons (Fsp3) is 0.231. The lowest BCUT2D eigenvalue weighted by molar-refractivity contribution is 0.919. The molecule has 0 saturated heterocycles. The lowest BCUT2D eigenvalue weighted by Crippen LogP contribution is -2.14. The fourth-order valence-electron chi connectivity index (χ4n) is 1.62. The predicted molar refractivity (Wildman–Crippen MR) is 65.5 cm³/mol. The number of para-hydroxylation sites is 2. The van der Waals surface area contributed by atoms with Crippen molar-refractivity contribution in [3.05, 3.63) is 52.5 Å². The molecule has 16 heavy (non-hydrogen) atoms. The monoisotopic (exact) mass is 214 g/mol. The van der Waals surface area contributed by atoms with Gasteiger partial charge in [-0.3, -0.25) is 4.79 Å². The number of H-pyrrole nitrogens is 1. The molecule has 0 radical (unpaired) electrons. The minimum atomic E-state index is -0.0804. The van der Waals surface area contributed by atoms with Crippen LogP contribution in [0, 0.1) is 0 Å². The predicted octanol–water partition coefficient (Wildman–Crippen LogP) is 2.43. The summed E-state index contributed by atoms with van der Waals surface area (Å²) < 4.78 is 0. The number of aromatic amines is 1. The normalized spacial score (nSPS) is 11.3. The molecule has 0 atom stereocenters. The lowest BCUT2D eigenvalue weighted by atomic mass is 10.2. The van der Waals surface area contributed by atoms with Crippen LogP contribution in [0.1, 0.15) is 19.0 Å². The Morgan fingerprint density at radius 3 is 3.00 bits per heavy atom. The molecule has 3 nitrogen and oxygen atoms in total. The van der Waals surface area contributed by atoms with E-state index in [1.54, 1.807) is 0 Å². The van der Waals surface area contributed by atoms with Crippen molar-refractivity contribution in [1.29, 1.82) is 0 Å². The second kappa shape index (κ2) is 4.75. The highest BCUT2D eigenvalue weighted by molar-refractivity contribution is 5.73. The molecule has 1 aromatic heterocycles. The summed E-state index contributed by atoms with van der Waals surface area (Å²) in [5, 5.41) is 0. The topological polar surface area (TPSA) is 45.8 Å². The highest BCUT2D eigenvalue weighted by atomic mass is 16.1. The molecule has 0 amide bonds. The van der Waals surface area contributed by atoms with E-state index in [1.807, 2.05) is 43.3 Å². The van der Waals surface area contributed by atoms with E-state index >= 15 is 0 Å². The van der Waals surface area contributed by atoms with Crippen molar-refractivity contribution in [2.24, 2.45) is 0 Å². The van der Waals surface area contributed by atoms with Crippen LogP contribution in [0.25, 0.3) is 11.0 Å². The first-order valence-corrected chi connectivity index (χ1v) is 5.40. The van der Waals surface area contributed by atoms with Crippen LogP contribution in [-0.4, -0.2) is 9.97 Å². The zero-order valence-corrected chi connectivity index (χ0v) is 9.23. The Balaban J connectivity index is 2.38. The Labute approximate surface area is 93.8 Å². The molecule has 1 N–H and O–H groups in total. The summed E-state index contributed by atoms with van der Waals surface area (Å²) in [7, 11) is 0. The van der Waals surface area contributed by atoms with Crippen molar-refractivity contribution >= 4 is 11.0 Å². The minimum absolute atomic E-state index is 0.0804. The molecule has 0 saturated carbocycles. The molecule has 0 unspecified atom stereocenters. The van der Waals surface area contributed by atoms with Crippen molar-refractivity contribution < 1.29 is 0 Å². The van der Waals surface area contributed by atoms with Crippen LogP contribution in [-0.2, 0) is 6.42 Å². The average Bonchev–Trinajstić information content (AvgIpc) is 2.30. The molecular formula is C13H14N2O. The van der Waals surface area contributed by atoms with Gasteiger partial charge in [-0.05, 0) is 31.9 Å². The van der Waals surface area contributed by atoms with Crippen LogP contribution < -0.4 is 5.56 Å². The maximum absolute atomic E-state index is 11.7. The van der Waals surface area contributed by atoms with E-state index in [2.05, 4.69) is 9.97 Å². The van der Waals surface area contributed by atoms with Crippen LogP contribution in [0.15, 0.2) is 41.2 Å². The molecule has 0 aliphatic carbocycles. The molecule has 2 rings (SSSR count). The van der Waals surface area contributed by atoms with Crippen molar-refractivity contribution in [2.45, 2.75) is 19.8 Å². The maximum Gasteiger partial charge on any atom is 0.270 e. The summed E-state index contributed by atoms with van der Waals surface area (Å²) in [6.07, 6.45) is 5.56. The third-order valence-corrected chi connectivity index (χ3v) is 2.45. The first kappa shape index (κ1) is 10.6. The highest BCUT2D eigenvalue weighted by Crippen LogP contribution is 2.06. The number of allylic oxidation sites excluding steroid dienone is 2. The zero-order chi connectivity index (χ0) is 11.4. The lowest BCUT2D eigenvalue weighted by Gasteiger charge is -2.00. The molecule has 1 aromatic carbocycles. The molecule has 0 aliphatic heterocycles. The summed E-state index contributed by atoms with van der Waals surface area (Å²) >= 11 is 0. The number of aromatic nitrogens is 2. The van der Waals surface area contributed by atoms with Gasteiger partial charge >= 0.3 is 0 Å². The van der Waals surface area contributed by atoms with Crippen LogP contribution in [0.5, 0.6) is 0 Å². The molecule has 1 heterocycles. The number of rotatable bonds is 3. The molecule has 0 spiro atoms. The highest BCUT2D eigenvalue weighted by Gasteiger charge is 2.02. The van der Waals surface area contributed by atoms with E-state index in [-0.39, 0.29) is 5.56 Å². The number of hydrogen-bond donors (Lipinski definition) is 1. The van der Waals surface area contributed by atoms with Crippen molar-refractivity contribution in [3.63, 3.8) is 0 Å². The Morgan fingerprint density at radius 1 is 1.38 bits per heavy atom. The molecule has 2 aromatic rings. The van der Waals surface area contributed by atoms with E-state index in [0.29, 0.717) is 12.1 Å². The molecule has 0 bridgehead atoms. The van der Waals surface area contributed by atoms with Gasteiger partial charge in [-0.15, -0.1) is 0 Å². The quantitative estimate of drug-likeness (QED) is 0.797. The van der Waals surface area contributed by atoms with Gasteiger partial charge in [0.2, 0.25) is 0 Å². The number of fused-ring (bicyclic) bond motifs is 1. The third-order valence-electron chi connectivity index (χ3n) is 2.45. The van der Waals surface area contributed by atoms with Gasteiger partial charge in [0.05, 0.1) is 11.0 Å². The van der Waals surface area contributed by atoms with Crippen LogP contribution in [0.4, 0.5) is 0 Å². The Kier molecular flexibility index (Phi) is 3.15. The van der Waals surface area contributed by atoms with Gasteiger partial charge in [0.1, 0.15) is 5.69 Å². The summed E-state index contributed by atoms with van der Waals surface area (Å²) in [6, 6.07) is 7.58. The van der Waals surface area contributed by atoms with E-state index in [1.165, 1.54) is 0 Å². The van der Waals surface area contributed by atoms with Gasteiger partial charge < -0.3 is 4.98 Å². The van der Waals surface area contributed by atoms with Crippen LogP contribution >= 0.6 is 0 Å². The number of hydrogen-bond acceptors (Lipinski definition) is 2. The molecule has 0 aliphatic rings. The van der Waals surface area contributed by atoms with Crippen LogP contribution in [0.2, 0.25) is 0 Å². The molecular weight excluding hydrogens is 200 g/mol. The number of aryl methyl sites for hydroxylation is 1. The van der Waals surface area contributed by atoms with E-state index in [4.69, 9.17) is 0 Å². The minimum Gasteiger partial charge on any atom is -0.319 e. The first-order chi connectivity index (χ1) is 7.81. The van der Waals surface area contributed by atoms with Gasteiger partial charge in [0.25, 0.3) is 5.56 Å². The van der Waals surface area contributed by atoms with E-state index in [0.717, 1.165) is 17.5 Å². The second-order valence-corrected chi connectivity index (χ2v) is 3.64. The summed E-state index contributed by atoms with van der Waals surface area (Å²) in [4.78, 5) is 18.9. The summed E-state index contributed by atoms with van der Waals surface area (Å²) in [5.41, 5.74) is 2.17. The molecule has 3 heteroatoms. The van der Waals surface area contributed by atoms with Gasteiger partial charge in [-0.2, -0.15) is 0 Å². The Morgan fingerprint density at radius 2 is 2.19 bits per heavy atom. The van der Waals surface area contributed by atoms with Gasteiger partial charge in [-0.25, -0.2) is 4.98 Å². The van der Waals surface area contributed by atoms with Gasteiger partial charge in [0, 0.05) is 0 Å². The molecule has 0 fully saturated rings. The largest absolute Gasteiger partial charge is 0.319 e. The summed E-state index contributed by atoms with van der Waals surface area (Å²) in [6.45, 7) is 1.97. The standard InChI is InChI=1S/C13H14N2O/c1-2-3-4-9-12-13(16)15-11-8-6-5-7-10(11)14-12/h2-3,5-8H,4,9H2,1H3,(H,15,16)/b3-2-. The smallest absolute Gasteiger partial charge is 0.270 e. The fourth-order valence-corrected chi connectivity index (χ4v) is 1.62. The first-order valence-electron chi connectivity index (χ1n) is 5.40. The van der Waals surface area contributed by atoms with E-state index < -0.39 is 0 Å². The van der Waals surface area contributed by atoms with Gasteiger partial charge in [0.15, 0.2) is 0 Å². The van der Waals surface area contributed by atoms with Crippen molar-refractivity contribution in [2.75, 3.05) is 0 Å². The molecule has 82 valence electrons. The van der Waals surface area contributed by atoms with E-state index in [9.17, 15) is 4.79 Å². The SMILES string of the molecule is C/C=C\CCc1nc2ccccc2[nH]c1=O. The second-order valence-electron chi connectivity index (χ2n) is 3.64. The third kappa shape index (κ3) is 2.19. The Hall–Kier alpha value is -1.90.